The predicted octanol–water partition coefficient (Wildman–Crippen LogP) is -0.00160. The first-order valence-electron chi connectivity index (χ1n) is 5.65. The van der Waals surface area contributed by atoms with E-state index in [-0.39, 0.29) is 11.8 Å². The summed E-state index contributed by atoms with van der Waals surface area (Å²) < 4.78 is 6.85. The highest BCUT2D eigenvalue weighted by molar-refractivity contribution is 6.57. The molecule has 0 spiro atoms. The first-order valence-corrected chi connectivity index (χ1v) is 5.24. The lowest BCUT2D eigenvalue weighted by atomic mass is 9.82. The summed E-state index contributed by atoms with van der Waals surface area (Å²) in [6.45, 7) is 1.17. The van der Waals surface area contributed by atoms with Crippen LogP contribution in [0, 0.1) is 11.8 Å². The van der Waals surface area contributed by atoms with Crippen LogP contribution in [0.15, 0.2) is 12.2 Å². The average molecular weight is 195 g/mol. The number of hydrogen-bond donors (Lipinski definition) is 1. The zero-order valence-electron chi connectivity index (χ0n) is 9.48. The van der Waals surface area contributed by atoms with Gasteiger partial charge >= 0.3 is 0 Å². The molecular formula is C10H16BNO2. The van der Waals surface area contributed by atoms with Gasteiger partial charge in [-0.05, 0) is 24.7 Å². The van der Waals surface area contributed by atoms with E-state index in [4.69, 9.17) is 1.43 Å². The van der Waals surface area contributed by atoms with Crippen molar-refractivity contribution in [2.75, 3.05) is 13.2 Å². The van der Waals surface area contributed by atoms with Crippen LogP contribution in [-0.4, -0.2) is 44.3 Å². The van der Waals surface area contributed by atoms with Gasteiger partial charge in [0.1, 0.15) is 0 Å². The molecule has 1 amide bonds. The molecule has 4 heteroatoms. The van der Waals surface area contributed by atoms with Gasteiger partial charge in [0.15, 0.2) is 5.81 Å². The second kappa shape index (κ2) is 3.77. The Balaban J connectivity index is 2.13. The molecule has 2 unspecified atom stereocenters. The summed E-state index contributed by atoms with van der Waals surface area (Å²) in [6, 6.07) is 0.106. The van der Waals surface area contributed by atoms with Crippen LogP contribution in [-0.2, 0) is 0 Å². The van der Waals surface area contributed by atoms with E-state index in [1.54, 1.807) is 7.85 Å². The van der Waals surface area contributed by atoms with E-state index in [0.717, 1.165) is 19.4 Å². The lowest BCUT2D eigenvalue weighted by Gasteiger charge is -2.26. The standard InChI is InChI=1S/C10H16BNO2/c11-10(14)12-5-7-3-1-2-4-8(7)9(12)6-13/h1-2,7-9,13H,3-6,11H2/t7?,8?,9-/m1/s1/i13T. The SMILES string of the molecule is [3H]OC[C@@H]1C2CC=CCC2CN1C(B)=O. The minimum atomic E-state index is 0.103. The minimum Gasteiger partial charge on any atom is -0.394 e. The first kappa shape index (κ1) is 8.54. The molecule has 1 N–H and O–H groups in total. The molecule has 2 aliphatic rings. The normalized spacial score (nSPS) is 36.7. The number of likely N-dealkylation sites (tertiary alicyclic amines) is 1. The zero-order chi connectivity index (χ0) is 10.8. The van der Waals surface area contributed by atoms with Gasteiger partial charge in [-0.2, -0.15) is 0 Å². The maximum atomic E-state index is 11.5. The van der Waals surface area contributed by atoms with E-state index in [1.807, 2.05) is 4.90 Å². The van der Waals surface area contributed by atoms with Crippen molar-refractivity contribution in [2.24, 2.45) is 11.8 Å². The van der Waals surface area contributed by atoms with Crippen LogP contribution in [0.1, 0.15) is 12.8 Å². The number of aliphatic hydroxyl groups excluding tert-OH is 1. The molecule has 3 atom stereocenters. The zero-order valence-corrected chi connectivity index (χ0v) is 8.48. The Bertz CT molecular complexity index is 285. The largest absolute Gasteiger partial charge is 0.394 e. The van der Waals surface area contributed by atoms with E-state index < -0.39 is 0 Å². The van der Waals surface area contributed by atoms with Gasteiger partial charge in [-0.15, -0.1) is 0 Å². The molecule has 76 valence electrons. The van der Waals surface area contributed by atoms with Crippen molar-refractivity contribution in [1.82, 2.24) is 4.90 Å². The van der Waals surface area contributed by atoms with Gasteiger partial charge in [0, 0.05) is 6.54 Å². The van der Waals surface area contributed by atoms with Gasteiger partial charge in [0.05, 0.1) is 12.6 Å². The number of allylic oxidation sites excluding steroid dienone is 2. The van der Waals surface area contributed by atoms with Crippen LogP contribution < -0.4 is 0 Å². The molecule has 3 nitrogen and oxygen atoms in total. The van der Waals surface area contributed by atoms with Crippen molar-refractivity contribution in [3.05, 3.63) is 12.2 Å². The Morgan fingerprint density at radius 3 is 3.14 bits per heavy atom. The second-order valence-corrected chi connectivity index (χ2v) is 4.27. The van der Waals surface area contributed by atoms with Gasteiger partial charge in [0.25, 0.3) is 0 Å². The number of nitrogens with zero attached hydrogens (tertiary/aromatic N) is 1. The molecule has 1 heterocycles. The third-order valence-corrected chi connectivity index (χ3v) is 3.52. The summed E-state index contributed by atoms with van der Waals surface area (Å²) in [7, 11) is 1.60. The van der Waals surface area contributed by atoms with E-state index in [0.29, 0.717) is 18.4 Å². The molecule has 1 saturated heterocycles. The van der Waals surface area contributed by atoms with E-state index >= 15 is 0 Å². The molecule has 0 saturated carbocycles. The smallest absolute Gasteiger partial charge is 0.215 e. The van der Waals surface area contributed by atoms with Crippen molar-refractivity contribution >= 4 is 13.7 Å². The number of amides is 1. The third kappa shape index (κ3) is 1.48. The number of carbonyl (C=O) groups is 1. The highest BCUT2D eigenvalue weighted by Crippen LogP contribution is 2.37. The molecule has 0 radical (unpaired) electrons. The second-order valence-electron chi connectivity index (χ2n) is 4.27. The van der Waals surface area contributed by atoms with Crippen LogP contribution in [0.3, 0.4) is 0 Å². The topological polar surface area (TPSA) is 40.5 Å². The number of rotatable bonds is 2. The average Bonchev–Trinajstić information content (AvgIpc) is 2.58. The summed E-state index contributed by atoms with van der Waals surface area (Å²) in [6.07, 6.45) is 6.45. The monoisotopic (exact) mass is 195 g/mol. The fourth-order valence-electron chi connectivity index (χ4n) is 2.77. The minimum absolute atomic E-state index is 0.103. The van der Waals surface area contributed by atoms with Gasteiger partial charge in [0.2, 0.25) is 9.28 Å². The number of fused-ring (bicyclic) bond motifs is 1. The van der Waals surface area contributed by atoms with E-state index in [1.165, 1.54) is 0 Å². The molecule has 14 heavy (non-hydrogen) atoms. The van der Waals surface area contributed by atoms with Crippen LogP contribution in [0.5, 0.6) is 0 Å². The summed E-state index contributed by atoms with van der Waals surface area (Å²) in [5.74, 6) is 1.16. The van der Waals surface area contributed by atoms with Gasteiger partial charge in [-0.3, -0.25) is 4.79 Å². The molecule has 1 fully saturated rings. The predicted molar refractivity (Wildman–Crippen MR) is 56.9 cm³/mol. The maximum absolute atomic E-state index is 11.5. The number of carbonyl (C=O) groups excluding carboxylic acids is 1. The lowest BCUT2D eigenvalue weighted by molar-refractivity contribution is 0.152. The van der Waals surface area contributed by atoms with E-state index in [2.05, 4.69) is 17.3 Å². The first-order chi connectivity index (χ1) is 7.24. The molecule has 2 rings (SSSR count). The molecule has 1 aliphatic heterocycles. The lowest BCUT2D eigenvalue weighted by Crippen LogP contribution is -2.39. The van der Waals surface area contributed by atoms with Crippen molar-refractivity contribution in [1.29, 1.82) is 1.43 Å². The Morgan fingerprint density at radius 2 is 2.43 bits per heavy atom. The fourth-order valence-corrected chi connectivity index (χ4v) is 2.77. The third-order valence-electron chi connectivity index (χ3n) is 3.52. The highest BCUT2D eigenvalue weighted by Gasteiger charge is 2.41. The molecule has 0 aromatic rings. The van der Waals surface area contributed by atoms with Gasteiger partial charge < -0.3 is 10.0 Å². The van der Waals surface area contributed by atoms with Crippen LogP contribution in [0.2, 0.25) is 0 Å². The van der Waals surface area contributed by atoms with Crippen molar-refractivity contribution < 1.29 is 9.90 Å². The van der Waals surface area contributed by atoms with Crippen LogP contribution in [0.4, 0.5) is 4.79 Å². The molecule has 1 aliphatic carbocycles. The number of hydrogen-bond acceptors (Lipinski definition) is 2. The van der Waals surface area contributed by atoms with Crippen molar-refractivity contribution in [3.63, 3.8) is 0 Å². The molecule has 0 aromatic heterocycles. The summed E-state index contributed by atoms with van der Waals surface area (Å²) in [4.78, 5) is 13.3. The number of aliphatic hydroxyl groups is 1. The fraction of sp³-hybridized carbons (Fsp3) is 0.700. The summed E-state index contributed by atoms with van der Waals surface area (Å²) >= 11 is 0. The quantitative estimate of drug-likeness (QED) is 0.497. The van der Waals surface area contributed by atoms with Gasteiger partial charge in [-0.1, -0.05) is 12.2 Å². The molecule has 0 aromatic carbocycles. The Hall–Kier alpha value is -0.765. The van der Waals surface area contributed by atoms with Crippen molar-refractivity contribution in [3.8, 4) is 0 Å². The highest BCUT2D eigenvalue weighted by atomic mass is 16.3. The molecular weight excluding hydrogens is 177 g/mol. The maximum Gasteiger partial charge on any atom is 0.215 e. The van der Waals surface area contributed by atoms with Gasteiger partial charge in [-0.25, -0.2) is 0 Å². The Morgan fingerprint density at radius 1 is 1.64 bits per heavy atom. The van der Waals surface area contributed by atoms with Crippen LogP contribution >= 0.6 is 0 Å². The Kier molecular flexibility index (Phi) is 2.30. The van der Waals surface area contributed by atoms with E-state index in [9.17, 15) is 4.79 Å². The summed E-state index contributed by atoms with van der Waals surface area (Å²) in [5.41, 5.74) is 0. The Labute approximate surface area is 86.7 Å². The van der Waals surface area contributed by atoms with Crippen LogP contribution in [0.25, 0.3) is 0 Å². The van der Waals surface area contributed by atoms with Crippen molar-refractivity contribution in [2.45, 2.75) is 18.9 Å². The summed E-state index contributed by atoms with van der Waals surface area (Å²) in [5, 5.41) is 4.49. The molecule has 0 bridgehead atoms.